The minimum Gasteiger partial charge on any atom is -0.478 e. The van der Waals surface area contributed by atoms with Crippen LogP contribution in [0.15, 0.2) is 10.5 Å². The number of likely N-dealkylation sites (tertiary alicyclic amines) is 1. The SMILES string of the molecule is Cc1oc(CNC(=O)N2CCCC2(C)C)cc1C(=O)O. The molecule has 2 amide bonds. The Morgan fingerprint density at radius 2 is 2.20 bits per heavy atom. The zero-order chi connectivity index (χ0) is 14.9. The van der Waals surface area contributed by atoms with Crippen molar-refractivity contribution < 1.29 is 19.1 Å². The molecule has 20 heavy (non-hydrogen) atoms. The maximum Gasteiger partial charge on any atom is 0.339 e. The molecule has 110 valence electrons. The lowest BCUT2D eigenvalue weighted by Crippen LogP contribution is -2.47. The van der Waals surface area contributed by atoms with Crippen LogP contribution in [0.3, 0.4) is 0 Å². The highest BCUT2D eigenvalue weighted by molar-refractivity contribution is 5.88. The summed E-state index contributed by atoms with van der Waals surface area (Å²) in [5.41, 5.74) is 0.00538. The third kappa shape index (κ3) is 2.79. The Kier molecular flexibility index (Phi) is 3.74. The van der Waals surface area contributed by atoms with Crippen LogP contribution in [-0.2, 0) is 6.54 Å². The molecule has 1 saturated heterocycles. The second-order valence-corrected chi connectivity index (χ2v) is 5.71. The van der Waals surface area contributed by atoms with Gasteiger partial charge >= 0.3 is 12.0 Å². The summed E-state index contributed by atoms with van der Waals surface area (Å²) in [7, 11) is 0. The average Bonchev–Trinajstić information content (AvgIpc) is 2.89. The number of carbonyl (C=O) groups excluding carboxylic acids is 1. The van der Waals surface area contributed by atoms with Gasteiger partial charge in [-0.25, -0.2) is 9.59 Å². The highest BCUT2D eigenvalue weighted by Gasteiger charge is 2.35. The number of aryl methyl sites for hydroxylation is 1. The molecule has 2 N–H and O–H groups in total. The molecular formula is C14H20N2O4. The number of furan rings is 1. The number of amides is 2. The van der Waals surface area contributed by atoms with Gasteiger partial charge in [-0.2, -0.15) is 0 Å². The molecule has 0 saturated carbocycles. The smallest absolute Gasteiger partial charge is 0.339 e. The normalized spacial score (nSPS) is 17.2. The number of rotatable bonds is 3. The summed E-state index contributed by atoms with van der Waals surface area (Å²) in [5, 5.41) is 11.7. The van der Waals surface area contributed by atoms with Crippen LogP contribution in [0.5, 0.6) is 0 Å². The standard InChI is InChI=1S/C14H20N2O4/c1-9-11(12(17)18)7-10(20-9)8-15-13(19)16-6-4-5-14(16,2)3/h7H,4-6,8H2,1-3H3,(H,15,19)(H,17,18). The van der Waals surface area contributed by atoms with Gasteiger partial charge in [-0.05, 0) is 39.7 Å². The van der Waals surface area contributed by atoms with E-state index >= 15 is 0 Å². The summed E-state index contributed by atoms with van der Waals surface area (Å²) in [6.45, 7) is 6.62. The van der Waals surface area contributed by atoms with Crippen LogP contribution in [-0.4, -0.2) is 34.1 Å². The number of carboxylic acid groups (broad SMARTS) is 1. The van der Waals surface area contributed by atoms with Crippen LogP contribution >= 0.6 is 0 Å². The fraction of sp³-hybridized carbons (Fsp3) is 0.571. The molecule has 1 aliphatic rings. The van der Waals surface area contributed by atoms with Crippen molar-refractivity contribution in [3.8, 4) is 0 Å². The molecule has 1 aliphatic heterocycles. The predicted octanol–water partition coefficient (Wildman–Crippen LogP) is 2.37. The van der Waals surface area contributed by atoms with Crippen LogP contribution in [0, 0.1) is 6.92 Å². The molecule has 0 radical (unpaired) electrons. The van der Waals surface area contributed by atoms with Gasteiger partial charge < -0.3 is 19.7 Å². The lowest BCUT2D eigenvalue weighted by Gasteiger charge is -2.31. The van der Waals surface area contributed by atoms with Gasteiger partial charge in [-0.3, -0.25) is 0 Å². The van der Waals surface area contributed by atoms with E-state index in [1.807, 2.05) is 13.8 Å². The highest BCUT2D eigenvalue weighted by Crippen LogP contribution is 2.28. The molecule has 1 fully saturated rings. The van der Waals surface area contributed by atoms with Crippen LogP contribution in [0.2, 0.25) is 0 Å². The Morgan fingerprint density at radius 3 is 2.70 bits per heavy atom. The Morgan fingerprint density at radius 1 is 1.50 bits per heavy atom. The zero-order valence-corrected chi connectivity index (χ0v) is 12.0. The average molecular weight is 280 g/mol. The summed E-state index contributed by atoms with van der Waals surface area (Å²) in [6, 6.07) is 1.31. The third-order valence-electron chi connectivity index (χ3n) is 3.76. The van der Waals surface area contributed by atoms with Crippen LogP contribution in [0.1, 0.15) is 48.6 Å². The minimum atomic E-state index is -1.02. The van der Waals surface area contributed by atoms with Gasteiger partial charge in [0.25, 0.3) is 0 Å². The molecule has 6 heteroatoms. The van der Waals surface area contributed by atoms with E-state index in [-0.39, 0.29) is 23.7 Å². The fourth-order valence-corrected chi connectivity index (χ4v) is 2.59. The minimum absolute atomic E-state index is 0.130. The number of carboxylic acids is 1. The fourth-order valence-electron chi connectivity index (χ4n) is 2.59. The Hall–Kier alpha value is -1.98. The summed E-state index contributed by atoms with van der Waals surface area (Å²) in [6.07, 6.45) is 1.99. The summed E-state index contributed by atoms with van der Waals surface area (Å²) in [4.78, 5) is 24.8. The van der Waals surface area contributed by atoms with Gasteiger partial charge in [0.05, 0.1) is 6.54 Å². The molecule has 0 bridgehead atoms. The maximum absolute atomic E-state index is 12.1. The first-order valence-electron chi connectivity index (χ1n) is 6.69. The number of hydrogen-bond donors (Lipinski definition) is 2. The first-order valence-corrected chi connectivity index (χ1v) is 6.69. The molecule has 2 heterocycles. The van der Waals surface area contributed by atoms with E-state index in [9.17, 15) is 9.59 Å². The molecular weight excluding hydrogens is 260 g/mol. The van der Waals surface area contributed by atoms with Gasteiger partial charge in [0.1, 0.15) is 17.1 Å². The van der Waals surface area contributed by atoms with E-state index in [0.717, 1.165) is 19.4 Å². The number of nitrogens with zero attached hydrogens (tertiary/aromatic N) is 1. The third-order valence-corrected chi connectivity index (χ3v) is 3.76. The van der Waals surface area contributed by atoms with Gasteiger partial charge in [-0.15, -0.1) is 0 Å². The van der Waals surface area contributed by atoms with Gasteiger partial charge in [-0.1, -0.05) is 0 Å². The number of nitrogens with one attached hydrogen (secondary N) is 1. The molecule has 2 rings (SSSR count). The first kappa shape index (κ1) is 14.4. The molecule has 0 unspecified atom stereocenters. The predicted molar refractivity (Wildman–Crippen MR) is 72.7 cm³/mol. The lowest BCUT2D eigenvalue weighted by atomic mass is 10.0. The molecule has 6 nitrogen and oxygen atoms in total. The van der Waals surface area contributed by atoms with Crippen molar-refractivity contribution in [2.45, 2.75) is 45.7 Å². The van der Waals surface area contributed by atoms with Crippen molar-refractivity contribution in [3.05, 3.63) is 23.2 Å². The summed E-state index contributed by atoms with van der Waals surface area (Å²) >= 11 is 0. The largest absolute Gasteiger partial charge is 0.478 e. The van der Waals surface area contributed by atoms with Crippen molar-refractivity contribution >= 4 is 12.0 Å². The van der Waals surface area contributed by atoms with Gasteiger partial charge in [0.15, 0.2) is 0 Å². The Labute approximate surface area is 117 Å². The quantitative estimate of drug-likeness (QED) is 0.890. The number of urea groups is 1. The second kappa shape index (κ2) is 5.19. The van der Waals surface area contributed by atoms with Crippen molar-refractivity contribution in [1.29, 1.82) is 0 Å². The first-order chi connectivity index (χ1) is 9.31. The number of aromatic carboxylic acids is 1. The maximum atomic E-state index is 12.1. The molecule has 1 aromatic rings. The van der Waals surface area contributed by atoms with Crippen molar-refractivity contribution in [2.75, 3.05) is 6.54 Å². The Bertz CT molecular complexity index is 533. The van der Waals surface area contributed by atoms with E-state index in [4.69, 9.17) is 9.52 Å². The van der Waals surface area contributed by atoms with Crippen molar-refractivity contribution in [2.24, 2.45) is 0 Å². The van der Waals surface area contributed by atoms with Gasteiger partial charge in [0, 0.05) is 12.1 Å². The van der Waals surface area contributed by atoms with Crippen molar-refractivity contribution in [3.63, 3.8) is 0 Å². The van der Waals surface area contributed by atoms with Crippen LogP contribution in [0.25, 0.3) is 0 Å². The van der Waals surface area contributed by atoms with Crippen molar-refractivity contribution in [1.82, 2.24) is 10.2 Å². The van der Waals surface area contributed by atoms with Crippen LogP contribution < -0.4 is 5.32 Å². The second-order valence-electron chi connectivity index (χ2n) is 5.71. The monoisotopic (exact) mass is 280 g/mol. The van der Waals surface area contributed by atoms with E-state index in [1.54, 1.807) is 11.8 Å². The Balaban J connectivity index is 1.97. The highest BCUT2D eigenvalue weighted by atomic mass is 16.4. The number of hydrogen-bond acceptors (Lipinski definition) is 3. The van der Waals surface area contributed by atoms with E-state index in [0.29, 0.717) is 11.5 Å². The molecule has 0 aliphatic carbocycles. The topological polar surface area (TPSA) is 82.8 Å². The molecule has 1 aromatic heterocycles. The van der Waals surface area contributed by atoms with Gasteiger partial charge in [0.2, 0.25) is 0 Å². The van der Waals surface area contributed by atoms with E-state index < -0.39 is 5.97 Å². The lowest BCUT2D eigenvalue weighted by molar-refractivity contribution is 0.0695. The van der Waals surface area contributed by atoms with Crippen LogP contribution in [0.4, 0.5) is 4.79 Å². The summed E-state index contributed by atoms with van der Waals surface area (Å²) < 4.78 is 5.33. The van der Waals surface area contributed by atoms with E-state index in [1.165, 1.54) is 6.07 Å². The van der Waals surface area contributed by atoms with E-state index in [2.05, 4.69) is 5.32 Å². The number of carbonyl (C=O) groups is 2. The summed E-state index contributed by atoms with van der Waals surface area (Å²) in [5.74, 6) is -0.224. The molecule has 0 atom stereocenters. The molecule has 0 spiro atoms. The molecule has 0 aromatic carbocycles. The zero-order valence-electron chi connectivity index (χ0n) is 12.0.